The van der Waals surface area contributed by atoms with Crippen molar-refractivity contribution in [2.24, 2.45) is 0 Å². The molecule has 96 valence electrons. The van der Waals surface area contributed by atoms with Gasteiger partial charge in [-0.05, 0) is 39.3 Å². The number of rotatable bonds is 7. The van der Waals surface area contributed by atoms with Crippen LogP contribution in [0.1, 0.15) is 26.2 Å². The molecule has 1 saturated heterocycles. The number of hydrogen-bond donors (Lipinski definition) is 2. The zero-order chi connectivity index (χ0) is 11.9. The van der Waals surface area contributed by atoms with E-state index in [9.17, 15) is 8.42 Å². The molecule has 1 rings (SSSR count). The van der Waals surface area contributed by atoms with Crippen LogP contribution in [0.2, 0.25) is 0 Å². The summed E-state index contributed by atoms with van der Waals surface area (Å²) in [6.45, 7) is 5.30. The first-order chi connectivity index (χ1) is 7.67. The third kappa shape index (κ3) is 4.78. The third-order valence-electron chi connectivity index (χ3n) is 2.70. The minimum absolute atomic E-state index is 0.221. The van der Waals surface area contributed by atoms with Crippen LogP contribution in [0.4, 0.5) is 0 Å². The Labute approximate surface area is 98.0 Å². The van der Waals surface area contributed by atoms with Gasteiger partial charge in [-0.1, -0.05) is 0 Å². The summed E-state index contributed by atoms with van der Waals surface area (Å²) in [4.78, 5) is 0. The molecule has 0 aromatic rings. The van der Waals surface area contributed by atoms with Crippen molar-refractivity contribution < 1.29 is 13.2 Å². The summed E-state index contributed by atoms with van der Waals surface area (Å²) in [5.74, 6) is 0. The van der Waals surface area contributed by atoms with Crippen LogP contribution in [0.3, 0.4) is 0 Å². The van der Waals surface area contributed by atoms with E-state index in [0.717, 1.165) is 19.5 Å². The predicted octanol–water partition coefficient (Wildman–Crippen LogP) is 0.0844. The van der Waals surface area contributed by atoms with Crippen molar-refractivity contribution in [2.45, 2.75) is 31.4 Å². The third-order valence-corrected chi connectivity index (χ3v) is 4.65. The maximum Gasteiger partial charge on any atom is 0.214 e. The van der Waals surface area contributed by atoms with Gasteiger partial charge in [0.15, 0.2) is 0 Å². The van der Waals surface area contributed by atoms with E-state index in [2.05, 4.69) is 10.0 Å². The number of piperidine rings is 1. The molecule has 6 heteroatoms. The van der Waals surface area contributed by atoms with E-state index in [1.165, 1.54) is 0 Å². The monoisotopic (exact) mass is 250 g/mol. The average molecular weight is 250 g/mol. The Morgan fingerprint density at radius 2 is 2.06 bits per heavy atom. The van der Waals surface area contributed by atoms with Gasteiger partial charge in [0.05, 0.1) is 5.25 Å². The van der Waals surface area contributed by atoms with Gasteiger partial charge in [0.1, 0.15) is 0 Å². The Morgan fingerprint density at radius 3 is 2.69 bits per heavy atom. The van der Waals surface area contributed by atoms with Gasteiger partial charge in [0.2, 0.25) is 10.0 Å². The fourth-order valence-electron chi connectivity index (χ4n) is 1.76. The molecule has 0 saturated carbocycles. The maximum atomic E-state index is 11.8. The molecule has 0 atom stereocenters. The van der Waals surface area contributed by atoms with Gasteiger partial charge in [0.25, 0.3) is 0 Å². The van der Waals surface area contributed by atoms with Crippen LogP contribution in [-0.2, 0) is 14.8 Å². The minimum Gasteiger partial charge on any atom is -0.382 e. The van der Waals surface area contributed by atoms with Crippen molar-refractivity contribution in [3.05, 3.63) is 0 Å². The van der Waals surface area contributed by atoms with E-state index in [0.29, 0.717) is 32.6 Å². The first kappa shape index (κ1) is 13.9. The van der Waals surface area contributed by atoms with Crippen molar-refractivity contribution in [3.63, 3.8) is 0 Å². The van der Waals surface area contributed by atoms with Crippen molar-refractivity contribution in [2.75, 3.05) is 32.8 Å². The molecule has 0 aliphatic carbocycles. The van der Waals surface area contributed by atoms with Crippen LogP contribution in [0.25, 0.3) is 0 Å². The summed E-state index contributed by atoms with van der Waals surface area (Å²) >= 11 is 0. The molecule has 0 bridgehead atoms. The lowest BCUT2D eigenvalue weighted by molar-refractivity contribution is 0.146. The normalized spacial score (nSPS) is 18.8. The second-order valence-corrected chi connectivity index (χ2v) is 5.98. The summed E-state index contributed by atoms with van der Waals surface area (Å²) in [5, 5.41) is 2.94. The number of sulfonamides is 1. The van der Waals surface area contributed by atoms with E-state index in [-0.39, 0.29) is 5.25 Å². The highest BCUT2D eigenvalue weighted by molar-refractivity contribution is 7.90. The molecule has 0 amide bonds. The van der Waals surface area contributed by atoms with Crippen molar-refractivity contribution in [3.8, 4) is 0 Å². The van der Waals surface area contributed by atoms with E-state index >= 15 is 0 Å². The molecule has 2 N–H and O–H groups in total. The Kier molecular flexibility index (Phi) is 6.26. The van der Waals surface area contributed by atoms with Crippen molar-refractivity contribution >= 4 is 10.0 Å². The standard InChI is InChI=1S/C10H22N2O3S/c1-2-15-9-3-6-12-16(13,14)10-4-7-11-8-5-10/h10-12H,2-9H2,1H3. The van der Waals surface area contributed by atoms with Crippen molar-refractivity contribution in [1.82, 2.24) is 10.0 Å². The highest BCUT2D eigenvalue weighted by Gasteiger charge is 2.26. The van der Waals surface area contributed by atoms with E-state index in [4.69, 9.17) is 4.74 Å². The zero-order valence-corrected chi connectivity index (χ0v) is 10.7. The van der Waals surface area contributed by atoms with Crippen molar-refractivity contribution in [1.29, 1.82) is 0 Å². The molecule has 1 heterocycles. The molecular formula is C10H22N2O3S. The number of nitrogens with one attached hydrogen (secondary N) is 2. The second-order valence-electron chi connectivity index (χ2n) is 3.94. The number of hydrogen-bond acceptors (Lipinski definition) is 4. The Balaban J connectivity index is 2.22. The second kappa shape index (κ2) is 7.21. The van der Waals surface area contributed by atoms with Gasteiger partial charge in [-0.3, -0.25) is 0 Å². The molecular weight excluding hydrogens is 228 g/mol. The number of ether oxygens (including phenoxy) is 1. The van der Waals surface area contributed by atoms with Gasteiger partial charge < -0.3 is 10.1 Å². The van der Waals surface area contributed by atoms with E-state index in [1.807, 2.05) is 6.92 Å². The van der Waals surface area contributed by atoms with Gasteiger partial charge >= 0.3 is 0 Å². The predicted molar refractivity (Wildman–Crippen MR) is 63.9 cm³/mol. The fraction of sp³-hybridized carbons (Fsp3) is 1.00. The lowest BCUT2D eigenvalue weighted by Crippen LogP contribution is -2.42. The lowest BCUT2D eigenvalue weighted by atomic mass is 10.2. The zero-order valence-electron chi connectivity index (χ0n) is 9.87. The Bertz CT molecular complexity index is 274. The summed E-state index contributed by atoms with van der Waals surface area (Å²) in [5.41, 5.74) is 0. The maximum absolute atomic E-state index is 11.8. The molecule has 0 spiro atoms. The van der Waals surface area contributed by atoms with Crippen LogP contribution in [-0.4, -0.2) is 46.5 Å². The molecule has 16 heavy (non-hydrogen) atoms. The first-order valence-corrected chi connectivity index (χ1v) is 7.48. The highest BCUT2D eigenvalue weighted by Crippen LogP contribution is 2.11. The van der Waals surface area contributed by atoms with Gasteiger partial charge in [-0.15, -0.1) is 0 Å². The van der Waals surface area contributed by atoms with Gasteiger partial charge in [-0.2, -0.15) is 0 Å². The molecule has 0 aromatic carbocycles. The summed E-state index contributed by atoms with van der Waals surface area (Å²) in [6, 6.07) is 0. The van der Waals surface area contributed by atoms with Gasteiger partial charge in [0, 0.05) is 19.8 Å². The minimum atomic E-state index is -3.12. The average Bonchev–Trinajstić information content (AvgIpc) is 2.30. The smallest absolute Gasteiger partial charge is 0.214 e. The van der Waals surface area contributed by atoms with E-state index in [1.54, 1.807) is 0 Å². The quantitative estimate of drug-likeness (QED) is 0.628. The Morgan fingerprint density at radius 1 is 1.38 bits per heavy atom. The van der Waals surface area contributed by atoms with Gasteiger partial charge in [-0.25, -0.2) is 13.1 Å². The summed E-state index contributed by atoms with van der Waals surface area (Å²) in [7, 11) is -3.12. The van der Waals surface area contributed by atoms with Crippen LogP contribution < -0.4 is 10.0 Å². The molecule has 0 aromatic heterocycles. The molecule has 0 unspecified atom stereocenters. The molecule has 1 aliphatic heterocycles. The van der Waals surface area contributed by atoms with Crippen LogP contribution >= 0.6 is 0 Å². The molecule has 1 fully saturated rings. The molecule has 0 radical (unpaired) electrons. The lowest BCUT2D eigenvalue weighted by Gasteiger charge is -2.22. The SMILES string of the molecule is CCOCCCNS(=O)(=O)C1CCNCC1. The van der Waals surface area contributed by atoms with E-state index < -0.39 is 10.0 Å². The largest absolute Gasteiger partial charge is 0.382 e. The molecule has 5 nitrogen and oxygen atoms in total. The van der Waals surface area contributed by atoms with Crippen LogP contribution in [0.5, 0.6) is 0 Å². The first-order valence-electron chi connectivity index (χ1n) is 5.93. The van der Waals surface area contributed by atoms with Crippen LogP contribution in [0.15, 0.2) is 0 Å². The van der Waals surface area contributed by atoms with Crippen LogP contribution in [0, 0.1) is 0 Å². The Hall–Kier alpha value is -0.170. The summed E-state index contributed by atoms with van der Waals surface area (Å²) < 4.78 is 31.5. The highest BCUT2D eigenvalue weighted by atomic mass is 32.2. The summed E-state index contributed by atoms with van der Waals surface area (Å²) in [6.07, 6.45) is 2.15. The fourth-order valence-corrected chi connectivity index (χ4v) is 3.28. The molecule has 1 aliphatic rings. The topological polar surface area (TPSA) is 67.4 Å².